The Bertz CT molecular complexity index is 1220. The third-order valence-electron chi connectivity index (χ3n) is 5.63. The highest BCUT2D eigenvalue weighted by Crippen LogP contribution is 2.35. The van der Waals surface area contributed by atoms with Crippen LogP contribution in [0.4, 0.5) is 16.0 Å². The Balaban J connectivity index is 1.45. The number of hydrogen-bond acceptors (Lipinski definition) is 7. The van der Waals surface area contributed by atoms with Gasteiger partial charge in [0, 0.05) is 18.9 Å². The maximum atomic E-state index is 14.7. The molecule has 1 amide bonds. The van der Waals surface area contributed by atoms with E-state index in [0.717, 1.165) is 12.8 Å². The Morgan fingerprint density at radius 2 is 2.25 bits per heavy atom. The van der Waals surface area contributed by atoms with Crippen LogP contribution in [0.2, 0.25) is 0 Å². The summed E-state index contributed by atoms with van der Waals surface area (Å²) in [6.07, 6.45) is 6.39. The van der Waals surface area contributed by atoms with Crippen LogP contribution in [-0.4, -0.2) is 60.9 Å². The first kappa shape index (κ1) is 20.0. The van der Waals surface area contributed by atoms with Crippen molar-refractivity contribution >= 4 is 28.6 Å². The van der Waals surface area contributed by atoms with Crippen LogP contribution < -0.4 is 10.1 Å². The molecule has 164 valence electrons. The van der Waals surface area contributed by atoms with E-state index in [1.165, 1.54) is 17.2 Å². The van der Waals surface area contributed by atoms with Crippen molar-refractivity contribution < 1.29 is 13.9 Å². The maximum Gasteiger partial charge on any atom is 0.246 e. The number of aromatic amines is 1. The zero-order valence-corrected chi connectivity index (χ0v) is 17.2. The molecule has 0 radical (unpaired) electrons. The van der Waals surface area contributed by atoms with Crippen LogP contribution in [0.25, 0.3) is 11.0 Å². The zero-order chi connectivity index (χ0) is 22.2. The van der Waals surface area contributed by atoms with E-state index in [2.05, 4.69) is 38.0 Å². The molecule has 0 spiro atoms. The highest BCUT2D eigenvalue weighted by molar-refractivity contribution is 5.89. The molecule has 10 nitrogen and oxygen atoms in total. The fraction of sp³-hybridized carbons (Fsp3) is 0.381. The molecule has 2 N–H and O–H groups in total. The number of carbonyl (C=O) groups is 1. The second-order valence-electron chi connectivity index (χ2n) is 7.90. The first-order valence-corrected chi connectivity index (χ1v) is 10.4. The van der Waals surface area contributed by atoms with Crippen molar-refractivity contribution in [3.05, 3.63) is 36.8 Å². The molecule has 5 rings (SSSR count). The van der Waals surface area contributed by atoms with Crippen LogP contribution >= 0.6 is 0 Å². The van der Waals surface area contributed by atoms with Gasteiger partial charge in [-0.15, -0.1) is 0 Å². The van der Waals surface area contributed by atoms with Gasteiger partial charge in [-0.1, -0.05) is 6.58 Å². The smallest absolute Gasteiger partial charge is 0.246 e. The number of ether oxygens (including phenoxy) is 1. The van der Waals surface area contributed by atoms with Crippen molar-refractivity contribution in [1.82, 2.24) is 29.6 Å². The van der Waals surface area contributed by atoms with Crippen LogP contribution in [-0.2, 0) is 4.79 Å². The van der Waals surface area contributed by atoms with E-state index in [1.807, 2.05) is 10.9 Å². The standard InChI is InChI=1S/C21H21FN8O2/c1-2-17(31)29-6-5-15(22)16(11-29)32-20-18-12(7-23)8-24-19(18)27-21(28-20)26-13-9-25-30(10-13)14-3-4-14/h2,8-10,14-16H,1,3-6,11H2,(H2,24,26,27,28)/t15-,16-/m0/s1. The lowest BCUT2D eigenvalue weighted by Gasteiger charge is -2.34. The number of halogens is 1. The van der Waals surface area contributed by atoms with Gasteiger partial charge in [0.2, 0.25) is 17.7 Å². The molecule has 1 aliphatic carbocycles. The summed E-state index contributed by atoms with van der Waals surface area (Å²) in [5.41, 5.74) is 1.38. The third-order valence-corrected chi connectivity index (χ3v) is 5.63. The maximum absolute atomic E-state index is 14.7. The first-order valence-electron chi connectivity index (χ1n) is 10.4. The molecule has 0 unspecified atom stereocenters. The highest BCUT2D eigenvalue weighted by atomic mass is 19.1. The molecular formula is C21H21FN8O2. The van der Waals surface area contributed by atoms with Gasteiger partial charge >= 0.3 is 0 Å². The number of piperidine rings is 1. The van der Waals surface area contributed by atoms with E-state index >= 15 is 0 Å². The zero-order valence-electron chi connectivity index (χ0n) is 17.2. The van der Waals surface area contributed by atoms with Gasteiger partial charge in [0.1, 0.15) is 24.0 Å². The normalized spacial score (nSPS) is 20.7. The second kappa shape index (κ2) is 7.96. The van der Waals surface area contributed by atoms with Gasteiger partial charge in [0.05, 0.1) is 35.4 Å². The number of fused-ring (bicyclic) bond motifs is 1. The minimum absolute atomic E-state index is 0.0563. The van der Waals surface area contributed by atoms with Crippen LogP contribution in [0.15, 0.2) is 31.2 Å². The molecule has 11 heteroatoms. The SMILES string of the molecule is C=CC(=O)N1CC[C@H](F)[C@@H](Oc2nc(Nc3cnn(C4CC4)c3)nc3[nH]cc(C#N)c23)C1. The molecule has 2 atom stereocenters. The van der Waals surface area contributed by atoms with Gasteiger partial charge in [0.25, 0.3) is 0 Å². The lowest BCUT2D eigenvalue weighted by atomic mass is 10.1. The Labute approximate surface area is 182 Å². The number of alkyl halides is 1. The third kappa shape index (κ3) is 3.75. The largest absolute Gasteiger partial charge is 0.469 e. The molecule has 1 saturated heterocycles. The fourth-order valence-electron chi connectivity index (χ4n) is 3.77. The number of nitrogens with zero attached hydrogens (tertiary/aromatic N) is 6. The van der Waals surface area contributed by atoms with E-state index in [4.69, 9.17) is 4.74 Å². The van der Waals surface area contributed by atoms with Gasteiger partial charge in [-0.25, -0.2) is 4.39 Å². The first-order chi connectivity index (χ1) is 15.6. The Kier molecular flexibility index (Phi) is 4.97. The monoisotopic (exact) mass is 436 g/mol. The summed E-state index contributed by atoms with van der Waals surface area (Å²) in [5.74, 6) is 0.0117. The van der Waals surface area contributed by atoms with Gasteiger partial charge in [-0.3, -0.25) is 9.48 Å². The summed E-state index contributed by atoms with van der Waals surface area (Å²) in [5, 5.41) is 17.3. The van der Waals surface area contributed by atoms with Crippen LogP contribution in [0.3, 0.4) is 0 Å². The van der Waals surface area contributed by atoms with Crippen molar-refractivity contribution in [2.75, 3.05) is 18.4 Å². The summed E-state index contributed by atoms with van der Waals surface area (Å²) in [6.45, 7) is 3.83. The Morgan fingerprint density at radius 3 is 3.00 bits per heavy atom. The predicted octanol–water partition coefficient (Wildman–Crippen LogP) is 2.61. The molecule has 0 aromatic carbocycles. The van der Waals surface area contributed by atoms with Crippen molar-refractivity contribution in [3.63, 3.8) is 0 Å². The fourth-order valence-corrected chi connectivity index (χ4v) is 3.77. The molecule has 0 bridgehead atoms. The van der Waals surface area contributed by atoms with E-state index in [9.17, 15) is 14.4 Å². The summed E-state index contributed by atoms with van der Waals surface area (Å²) in [4.78, 5) is 25.3. The van der Waals surface area contributed by atoms with Crippen LogP contribution in [0.5, 0.6) is 5.88 Å². The highest BCUT2D eigenvalue weighted by Gasteiger charge is 2.33. The molecule has 2 fully saturated rings. The minimum atomic E-state index is -1.29. The van der Waals surface area contributed by atoms with E-state index in [0.29, 0.717) is 22.8 Å². The molecule has 32 heavy (non-hydrogen) atoms. The Hall–Kier alpha value is -3.94. The minimum Gasteiger partial charge on any atom is -0.469 e. The van der Waals surface area contributed by atoms with Crippen molar-refractivity contribution in [2.45, 2.75) is 37.6 Å². The number of carbonyl (C=O) groups excluding carboxylic acids is 1. The molecule has 3 aromatic heterocycles. The van der Waals surface area contributed by atoms with Gasteiger partial charge in [-0.2, -0.15) is 20.3 Å². The molecule has 3 aromatic rings. The summed E-state index contributed by atoms with van der Waals surface area (Å²) >= 11 is 0. The van der Waals surface area contributed by atoms with Crippen molar-refractivity contribution in [1.29, 1.82) is 5.26 Å². The van der Waals surface area contributed by atoms with Crippen LogP contribution in [0, 0.1) is 11.3 Å². The quantitative estimate of drug-likeness (QED) is 0.569. The number of hydrogen-bond donors (Lipinski definition) is 2. The van der Waals surface area contributed by atoms with Crippen molar-refractivity contribution in [3.8, 4) is 11.9 Å². The van der Waals surface area contributed by atoms with E-state index in [-0.39, 0.29) is 42.8 Å². The lowest BCUT2D eigenvalue weighted by molar-refractivity contribution is -0.130. The topological polar surface area (TPSA) is 125 Å². The summed E-state index contributed by atoms with van der Waals surface area (Å²) in [6, 6.07) is 2.50. The van der Waals surface area contributed by atoms with Gasteiger partial charge in [0.15, 0.2) is 0 Å². The number of rotatable bonds is 6. The summed E-state index contributed by atoms with van der Waals surface area (Å²) < 4.78 is 22.5. The number of nitrogens with one attached hydrogen (secondary N) is 2. The lowest BCUT2D eigenvalue weighted by Crippen LogP contribution is -2.49. The number of nitriles is 1. The van der Waals surface area contributed by atoms with Gasteiger partial charge in [-0.05, 0) is 25.3 Å². The van der Waals surface area contributed by atoms with E-state index < -0.39 is 12.3 Å². The van der Waals surface area contributed by atoms with Crippen molar-refractivity contribution in [2.24, 2.45) is 0 Å². The second-order valence-corrected chi connectivity index (χ2v) is 7.90. The Morgan fingerprint density at radius 1 is 1.41 bits per heavy atom. The number of H-pyrrole nitrogens is 1. The predicted molar refractivity (Wildman–Crippen MR) is 113 cm³/mol. The van der Waals surface area contributed by atoms with E-state index in [1.54, 1.807) is 6.20 Å². The molecule has 1 saturated carbocycles. The molecule has 1 aliphatic heterocycles. The average Bonchev–Trinajstić information content (AvgIpc) is 3.40. The summed E-state index contributed by atoms with van der Waals surface area (Å²) in [7, 11) is 0. The number of amides is 1. The molecular weight excluding hydrogens is 415 g/mol. The number of likely N-dealkylation sites (tertiary alicyclic amines) is 1. The number of aromatic nitrogens is 5. The molecule has 4 heterocycles. The molecule has 2 aliphatic rings. The number of anilines is 2. The van der Waals surface area contributed by atoms with Gasteiger partial charge < -0.3 is 19.9 Å². The average molecular weight is 436 g/mol. The van der Waals surface area contributed by atoms with Crippen LogP contribution in [0.1, 0.15) is 30.9 Å².